The van der Waals surface area contributed by atoms with E-state index < -0.39 is 17.0 Å². The van der Waals surface area contributed by atoms with Crippen molar-refractivity contribution >= 4 is 11.7 Å². The third-order valence-corrected chi connectivity index (χ3v) is 2.15. The number of carboxylic acid groups (broad SMARTS) is 1. The van der Waals surface area contributed by atoms with E-state index in [1.54, 1.807) is 6.92 Å². The van der Waals surface area contributed by atoms with Crippen LogP contribution in [-0.2, 0) is 4.79 Å². The first-order valence-electron chi connectivity index (χ1n) is 5.15. The van der Waals surface area contributed by atoms with Crippen molar-refractivity contribution in [3.63, 3.8) is 0 Å². The first-order valence-corrected chi connectivity index (χ1v) is 5.15. The normalized spacial score (nSPS) is 11.7. The molecule has 1 aromatic rings. The summed E-state index contributed by atoms with van der Waals surface area (Å²) in [6.45, 7) is 1.56. The van der Waals surface area contributed by atoms with Crippen LogP contribution < -0.4 is 9.47 Å². The number of hydrogen-bond donors (Lipinski definition) is 1. The molecule has 0 saturated carbocycles. The van der Waals surface area contributed by atoms with E-state index in [4.69, 9.17) is 14.6 Å². The molecule has 7 heteroatoms. The molecule has 0 radical (unpaired) electrons. The zero-order chi connectivity index (χ0) is 13.7. The predicted molar refractivity (Wildman–Crippen MR) is 62.0 cm³/mol. The van der Waals surface area contributed by atoms with Crippen LogP contribution in [0.4, 0.5) is 5.69 Å². The summed E-state index contributed by atoms with van der Waals surface area (Å²) in [6.07, 6.45) is -0.815. The Morgan fingerprint density at radius 3 is 2.67 bits per heavy atom. The molecule has 18 heavy (non-hydrogen) atoms. The average Bonchev–Trinajstić information content (AvgIpc) is 2.27. The van der Waals surface area contributed by atoms with Crippen molar-refractivity contribution in [2.45, 2.75) is 19.4 Å². The van der Waals surface area contributed by atoms with Gasteiger partial charge in [0.2, 0.25) is 0 Å². The number of non-ortho nitro benzene ring substituents is 1. The Hall–Kier alpha value is -2.31. The molecule has 0 aliphatic heterocycles. The number of nitrogens with zero attached hydrogens (tertiary/aromatic N) is 1. The van der Waals surface area contributed by atoms with Gasteiger partial charge >= 0.3 is 5.97 Å². The summed E-state index contributed by atoms with van der Waals surface area (Å²) in [5.74, 6) is -0.537. The molecule has 0 saturated heterocycles. The van der Waals surface area contributed by atoms with E-state index in [0.29, 0.717) is 5.75 Å². The number of benzene rings is 1. The van der Waals surface area contributed by atoms with Gasteiger partial charge in [-0.3, -0.25) is 14.9 Å². The van der Waals surface area contributed by atoms with Crippen LogP contribution in [0.2, 0.25) is 0 Å². The monoisotopic (exact) mass is 255 g/mol. The fourth-order valence-electron chi connectivity index (χ4n) is 1.38. The van der Waals surface area contributed by atoms with E-state index in [9.17, 15) is 14.9 Å². The number of methoxy groups -OCH3 is 1. The molecule has 0 amide bonds. The molecule has 0 bridgehead atoms. The fraction of sp³-hybridized carbons (Fsp3) is 0.364. The van der Waals surface area contributed by atoms with Crippen LogP contribution in [-0.4, -0.2) is 29.2 Å². The van der Waals surface area contributed by atoms with Crippen LogP contribution in [0.25, 0.3) is 0 Å². The number of carbonyl (C=O) groups is 1. The number of ether oxygens (including phenoxy) is 2. The maximum absolute atomic E-state index is 10.6. The van der Waals surface area contributed by atoms with Crippen molar-refractivity contribution in [3.8, 4) is 11.5 Å². The summed E-state index contributed by atoms with van der Waals surface area (Å²) in [6, 6.07) is 3.89. The summed E-state index contributed by atoms with van der Waals surface area (Å²) < 4.78 is 10.3. The van der Waals surface area contributed by atoms with Crippen molar-refractivity contribution in [1.82, 2.24) is 0 Å². The van der Waals surface area contributed by atoms with Crippen molar-refractivity contribution in [2.24, 2.45) is 0 Å². The van der Waals surface area contributed by atoms with Gasteiger partial charge in [0.25, 0.3) is 5.69 Å². The number of rotatable bonds is 6. The van der Waals surface area contributed by atoms with E-state index >= 15 is 0 Å². The summed E-state index contributed by atoms with van der Waals surface area (Å²) in [5.41, 5.74) is -0.145. The molecule has 7 nitrogen and oxygen atoms in total. The van der Waals surface area contributed by atoms with E-state index in [-0.39, 0.29) is 17.9 Å². The van der Waals surface area contributed by atoms with Gasteiger partial charge in [-0.05, 0) is 13.0 Å². The van der Waals surface area contributed by atoms with Gasteiger partial charge in [-0.2, -0.15) is 0 Å². The fourth-order valence-corrected chi connectivity index (χ4v) is 1.38. The van der Waals surface area contributed by atoms with Crippen LogP contribution in [0, 0.1) is 10.1 Å². The number of nitro benzene ring substituents is 1. The largest absolute Gasteiger partial charge is 0.493 e. The Labute approximate surface area is 103 Å². The molecule has 0 aromatic heterocycles. The Bertz CT molecular complexity index is 459. The van der Waals surface area contributed by atoms with Crippen LogP contribution in [0.15, 0.2) is 18.2 Å². The minimum absolute atomic E-state index is 0.145. The lowest BCUT2D eigenvalue weighted by Gasteiger charge is -2.15. The minimum atomic E-state index is -1.01. The lowest BCUT2D eigenvalue weighted by Crippen LogP contribution is -2.17. The highest BCUT2D eigenvalue weighted by Crippen LogP contribution is 2.32. The van der Waals surface area contributed by atoms with E-state index in [2.05, 4.69) is 0 Å². The van der Waals surface area contributed by atoms with Crippen molar-refractivity contribution in [3.05, 3.63) is 28.3 Å². The zero-order valence-electron chi connectivity index (χ0n) is 9.95. The van der Waals surface area contributed by atoms with Gasteiger partial charge in [-0.15, -0.1) is 0 Å². The molecule has 1 N–H and O–H groups in total. The second-order valence-corrected chi connectivity index (χ2v) is 3.62. The minimum Gasteiger partial charge on any atom is -0.493 e. The molecule has 1 rings (SSSR count). The summed E-state index contributed by atoms with van der Waals surface area (Å²) >= 11 is 0. The van der Waals surface area contributed by atoms with Crippen LogP contribution in [0.1, 0.15) is 13.3 Å². The van der Waals surface area contributed by atoms with Gasteiger partial charge in [0.05, 0.1) is 24.5 Å². The van der Waals surface area contributed by atoms with Crippen molar-refractivity contribution in [1.29, 1.82) is 0 Å². The topological polar surface area (TPSA) is 98.9 Å². The second-order valence-electron chi connectivity index (χ2n) is 3.62. The van der Waals surface area contributed by atoms with Gasteiger partial charge in [0.15, 0.2) is 11.5 Å². The number of aliphatic carboxylic acids is 1. The SMILES string of the molecule is COc1ccc([N+](=O)[O-])cc1OC(C)CC(=O)O. The molecular weight excluding hydrogens is 242 g/mol. The highest BCUT2D eigenvalue weighted by atomic mass is 16.6. The third kappa shape index (κ3) is 3.62. The first-order chi connectivity index (χ1) is 8.43. The molecule has 0 aliphatic carbocycles. The Morgan fingerprint density at radius 1 is 1.50 bits per heavy atom. The third-order valence-electron chi connectivity index (χ3n) is 2.15. The maximum Gasteiger partial charge on any atom is 0.307 e. The molecule has 1 unspecified atom stereocenters. The smallest absolute Gasteiger partial charge is 0.307 e. The molecule has 98 valence electrons. The lowest BCUT2D eigenvalue weighted by atomic mass is 10.2. The number of carboxylic acids is 1. The Kier molecular flexibility index (Phi) is 4.47. The van der Waals surface area contributed by atoms with Crippen LogP contribution in [0.5, 0.6) is 11.5 Å². The van der Waals surface area contributed by atoms with E-state index in [1.165, 1.54) is 25.3 Å². The van der Waals surface area contributed by atoms with Crippen molar-refractivity contribution < 1.29 is 24.3 Å². The molecule has 0 spiro atoms. The summed E-state index contributed by atoms with van der Waals surface area (Å²) in [7, 11) is 1.40. The van der Waals surface area contributed by atoms with Gasteiger partial charge in [0, 0.05) is 6.07 Å². The first kappa shape index (κ1) is 13.8. The van der Waals surface area contributed by atoms with Gasteiger partial charge in [-0.1, -0.05) is 0 Å². The molecule has 1 atom stereocenters. The Balaban J connectivity index is 2.94. The van der Waals surface area contributed by atoms with Gasteiger partial charge in [0.1, 0.15) is 6.10 Å². The second kappa shape index (κ2) is 5.85. The quantitative estimate of drug-likeness (QED) is 0.615. The highest BCUT2D eigenvalue weighted by Gasteiger charge is 2.16. The maximum atomic E-state index is 10.6. The highest BCUT2D eigenvalue weighted by molar-refractivity contribution is 5.67. The Morgan fingerprint density at radius 2 is 2.17 bits per heavy atom. The molecule has 0 fully saturated rings. The number of hydrogen-bond acceptors (Lipinski definition) is 5. The molecular formula is C11H13NO6. The molecule has 0 heterocycles. The van der Waals surface area contributed by atoms with E-state index in [0.717, 1.165) is 0 Å². The summed E-state index contributed by atoms with van der Waals surface area (Å²) in [5, 5.41) is 19.2. The van der Waals surface area contributed by atoms with Crippen LogP contribution in [0.3, 0.4) is 0 Å². The number of nitro groups is 1. The zero-order valence-corrected chi connectivity index (χ0v) is 9.95. The molecule has 1 aromatic carbocycles. The van der Waals surface area contributed by atoms with E-state index in [1.807, 2.05) is 0 Å². The standard InChI is InChI=1S/C11H13NO6/c1-7(5-11(13)14)18-10-6-8(12(15)16)3-4-9(10)17-2/h3-4,6-7H,5H2,1-2H3,(H,13,14). The van der Waals surface area contributed by atoms with Gasteiger partial charge in [-0.25, -0.2) is 0 Å². The molecule has 0 aliphatic rings. The lowest BCUT2D eigenvalue weighted by molar-refractivity contribution is -0.385. The van der Waals surface area contributed by atoms with Crippen LogP contribution >= 0.6 is 0 Å². The van der Waals surface area contributed by atoms with Gasteiger partial charge < -0.3 is 14.6 Å². The predicted octanol–water partition coefficient (Wildman–Crippen LogP) is 1.85. The average molecular weight is 255 g/mol. The van der Waals surface area contributed by atoms with Crippen molar-refractivity contribution in [2.75, 3.05) is 7.11 Å². The summed E-state index contributed by atoms with van der Waals surface area (Å²) in [4.78, 5) is 20.6.